The van der Waals surface area contributed by atoms with E-state index < -0.39 is 0 Å². The predicted octanol–water partition coefficient (Wildman–Crippen LogP) is 1.78. The number of rotatable bonds is 6. The average molecular weight is 388 g/mol. The quantitative estimate of drug-likeness (QED) is 0.806. The summed E-state index contributed by atoms with van der Waals surface area (Å²) in [5.41, 5.74) is 2.45. The lowest BCUT2D eigenvalue weighted by Gasteiger charge is -2.38. The molecule has 1 aromatic rings. The lowest BCUT2D eigenvalue weighted by atomic mass is 10.1. The molecule has 0 aromatic heterocycles. The first kappa shape index (κ1) is 19.8. The molecule has 3 aliphatic rings. The van der Waals surface area contributed by atoms with Gasteiger partial charge in [0.25, 0.3) is 0 Å². The van der Waals surface area contributed by atoms with Crippen LogP contribution in [0.15, 0.2) is 24.3 Å². The van der Waals surface area contributed by atoms with Gasteiger partial charge in [0.05, 0.1) is 26.4 Å². The predicted molar refractivity (Wildman–Crippen MR) is 108 cm³/mol. The highest BCUT2D eigenvalue weighted by atomic mass is 16.5. The van der Waals surface area contributed by atoms with Crippen LogP contribution in [0.3, 0.4) is 0 Å². The van der Waals surface area contributed by atoms with E-state index in [9.17, 15) is 4.79 Å². The normalized spacial score (nSPS) is 25.1. The summed E-state index contributed by atoms with van der Waals surface area (Å²) in [4.78, 5) is 17.7. The molecule has 4 rings (SSSR count). The van der Waals surface area contributed by atoms with Gasteiger partial charge in [0.2, 0.25) is 5.91 Å². The number of nitrogens with one attached hydrogen (secondary N) is 1. The Morgan fingerprint density at radius 3 is 2.61 bits per heavy atom. The van der Waals surface area contributed by atoms with Gasteiger partial charge >= 0.3 is 0 Å². The van der Waals surface area contributed by atoms with Crippen LogP contribution in [0.4, 0.5) is 0 Å². The first-order valence-electron chi connectivity index (χ1n) is 10.8. The van der Waals surface area contributed by atoms with Crippen LogP contribution in [-0.4, -0.2) is 73.9 Å². The summed E-state index contributed by atoms with van der Waals surface area (Å²) in [5.74, 6) is 0.102. The summed E-state index contributed by atoms with van der Waals surface area (Å²) in [6.07, 6.45) is 5.00. The van der Waals surface area contributed by atoms with Crippen LogP contribution >= 0.6 is 0 Å². The number of ether oxygens (including phenoxy) is 2. The third kappa shape index (κ3) is 5.11. The molecule has 1 aliphatic carbocycles. The Morgan fingerprint density at radius 2 is 1.79 bits per heavy atom. The van der Waals surface area contributed by atoms with E-state index in [0.717, 1.165) is 51.6 Å². The Labute approximate surface area is 168 Å². The van der Waals surface area contributed by atoms with Gasteiger partial charge < -0.3 is 14.8 Å². The Bertz CT molecular complexity index is 642. The minimum absolute atomic E-state index is 0.102. The van der Waals surface area contributed by atoms with E-state index in [-0.39, 0.29) is 11.9 Å². The van der Waals surface area contributed by atoms with E-state index in [0.29, 0.717) is 19.2 Å². The van der Waals surface area contributed by atoms with Gasteiger partial charge in [-0.1, -0.05) is 37.1 Å². The van der Waals surface area contributed by atoms with E-state index >= 15 is 0 Å². The molecule has 28 heavy (non-hydrogen) atoms. The van der Waals surface area contributed by atoms with Gasteiger partial charge in [0.1, 0.15) is 6.04 Å². The summed E-state index contributed by atoms with van der Waals surface area (Å²) in [7, 11) is 0. The molecule has 1 aromatic carbocycles. The Balaban J connectivity index is 1.31. The lowest BCUT2D eigenvalue weighted by Crippen LogP contribution is -2.56. The number of hydrogen-bond donors (Lipinski definition) is 1. The fraction of sp³-hybridized carbons (Fsp3) is 0.682. The van der Waals surface area contributed by atoms with Crippen molar-refractivity contribution in [2.45, 2.75) is 50.9 Å². The largest absolute Gasteiger partial charge is 0.379 e. The topological polar surface area (TPSA) is 54.0 Å². The van der Waals surface area contributed by atoms with Gasteiger partial charge in [-0.15, -0.1) is 0 Å². The van der Waals surface area contributed by atoms with Crippen molar-refractivity contribution in [3.63, 3.8) is 0 Å². The van der Waals surface area contributed by atoms with Crippen molar-refractivity contribution < 1.29 is 14.3 Å². The van der Waals surface area contributed by atoms with Crippen LogP contribution in [-0.2, 0) is 27.4 Å². The van der Waals surface area contributed by atoms with E-state index in [1.807, 2.05) is 0 Å². The van der Waals surface area contributed by atoms with Crippen LogP contribution in [0, 0.1) is 0 Å². The molecule has 1 saturated carbocycles. The van der Waals surface area contributed by atoms with Crippen molar-refractivity contribution >= 4 is 5.91 Å². The fourth-order valence-electron chi connectivity index (χ4n) is 4.68. The zero-order chi connectivity index (χ0) is 19.2. The molecule has 2 saturated heterocycles. The number of carbonyl (C=O) groups excluding carboxylic acids is 1. The number of benzene rings is 1. The van der Waals surface area contributed by atoms with E-state index in [4.69, 9.17) is 9.47 Å². The molecule has 1 N–H and O–H groups in total. The number of amides is 1. The molecule has 6 nitrogen and oxygen atoms in total. The molecule has 154 valence electrons. The second-order valence-electron chi connectivity index (χ2n) is 8.19. The Morgan fingerprint density at radius 1 is 1.04 bits per heavy atom. The van der Waals surface area contributed by atoms with E-state index in [1.165, 1.54) is 31.2 Å². The smallest absolute Gasteiger partial charge is 0.240 e. The number of morpholine rings is 2. The van der Waals surface area contributed by atoms with Gasteiger partial charge in [0, 0.05) is 38.8 Å². The van der Waals surface area contributed by atoms with E-state index in [2.05, 4.69) is 39.4 Å². The van der Waals surface area contributed by atoms with Crippen molar-refractivity contribution in [3.8, 4) is 0 Å². The SMILES string of the molecule is O=C(NCc1cccc(CN2CCOCC2)c1)C1COCCN1C1CCCC1. The van der Waals surface area contributed by atoms with Gasteiger partial charge in [-0.05, 0) is 24.0 Å². The Hall–Kier alpha value is -1.47. The monoisotopic (exact) mass is 387 g/mol. The second-order valence-corrected chi connectivity index (χ2v) is 8.19. The maximum Gasteiger partial charge on any atom is 0.240 e. The molecule has 2 aliphatic heterocycles. The Kier molecular flexibility index (Phi) is 6.96. The second kappa shape index (κ2) is 9.83. The maximum atomic E-state index is 12.9. The van der Waals surface area contributed by atoms with Crippen molar-refractivity contribution in [1.29, 1.82) is 0 Å². The molecule has 0 spiro atoms. The average Bonchev–Trinajstić information content (AvgIpc) is 3.28. The molecule has 0 bridgehead atoms. The fourth-order valence-corrected chi connectivity index (χ4v) is 4.68. The van der Waals surface area contributed by atoms with Crippen molar-refractivity contribution in [2.24, 2.45) is 0 Å². The molecule has 1 unspecified atom stereocenters. The summed E-state index contributed by atoms with van der Waals surface area (Å²) < 4.78 is 11.1. The standard InChI is InChI=1S/C22H33N3O3/c26-22(21-17-28-13-10-25(21)20-6-1-2-7-20)23-15-18-4-3-5-19(14-18)16-24-8-11-27-12-9-24/h3-5,14,20-21H,1-2,6-13,15-17H2,(H,23,26). The van der Waals surface area contributed by atoms with Crippen molar-refractivity contribution in [1.82, 2.24) is 15.1 Å². The molecular weight excluding hydrogens is 354 g/mol. The highest BCUT2D eigenvalue weighted by Crippen LogP contribution is 2.26. The van der Waals surface area contributed by atoms with Crippen LogP contribution in [0.25, 0.3) is 0 Å². The molecule has 1 amide bonds. The minimum Gasteiger partial charge on any atom is -0.379 e. The molecule has 2 heterocycles. The first-order valence-corrected chi connectivity index (χ1v) is 10.8. The molecular formula is C22H33N3O3. The zero-order valence-corrected chi connectivity index (χ0v) is 16.8. The van der Waals surface area contributed by atoms with Gasteiger partial charge in [-0.3, -0.25) is 14.6 Å². The summed E-state index contributed by atoms with van der Waals surface area (Å²) in [6, 6.07) is 8.96. The zero-order valence-electron chi connectivity index (χ0n) is 16.8. The first-order chi connectivity index (χ1) is 13.8. The maximum absolute atomic E-state index is 12.9. The highest BCUT2D eigenvalue weighted by Gasteiger charge is 2.35. The molecule has 1 atom stereocenters. The van der Waals surface area contributed by atoms with Crippen LogP contribution in [0.1, 0.15) is 36.8 Å². The van der Waals surface area contributed by atoms with E-state index in [1.54, 1.807) is 0 Å². The third-order valence-electron chi connectivity index (χ3n) is 6.23. The molecule has 0 radical (unpaired) electrons. The van der Waals surface area contributed by atoms with Crippen LogP contribution in [0.5, 0.6) is 0 Å². The van der Waals surface area contributed by atoms with Crippen molar-refractivity contribution in [3.05, 3.63) is 35.4 Å². The summed E-state index contributed by atoms with van der Waals surface area (Å²) in [5, 5.41) is 3.16. The molecule has 3 fully saturated rings. The van der Waals surface area contributed by atoms with Crippen LogP contribution < -0.4 is 5.32 Å². The number of hydrogen-bond acceptors (Lipinski definition) is 5. The van der Waals surface area contributed by atoms with Gasteiger partial charge in [-0.25, -0.2) is 0 Å². The minimum atomic E-state index is -0.145. The lowest BCUT2D eigenvalue weighted by molar-refractivity contribution is -0.134. The summed E-state index contributed by atoms with van der Waals surface area (Å²) >= 11 is 0. The van der Waals surface area contributed by atoms with Crippen molar-refractivity contribution in [2.75, 3.05) is 46.1 Å². The highest BCUT2D eigenvalue weighted by molar-refractivity contribution is 5.82. The van der Waals surface area contributed by atoms with Crippen LogP contribution in [0.2, 0.25) is 0 Å². The van der Waals surface area contributed by atoms with Gasteiger partial charge in [0.15, 0.2) is 0 Å². The van der Waals surface area contributed by atoms with Gasteiger partial charge in [-0.2, -0.15) is 0 Å². The molecule has 6 heteroatoms. The number of carbonyl (C=O) groups is 1. The third-order valence-corrected chi connectivity index (χ3v) is 6.23. The number of nitrogens with zero attached hydrogens (tertiary/aromatic N) is 2. The summed E-state index contributed by atoms with van der Waals surface area (Å²) in [6.45, 7) is 7.25.